The van der Waals surface area contributed by atoms with Crippen LogP contribution in [0.3, 0.4) is 0 Å². The van der Waals surface area contributed by atoms with Crippen molar-refractivity contribution >= 4 is 0 Å². The maximum Gasteiger partial charge on any atom is 0.435 e. The van der Waals surface area contributed by atoms with E-state index in [2.05, 4.69) is 5.32 Å². The molecule has 1 N–H and O–H groups in total. The van der Waals surface area contributed by atoms with Crippen LogP contribution in [0.4, 0.5) is 30.7 Å². The van der Waals surface area contributed by atoms with Crippen molar-refractivity contribution in [2.45, 2.75) is 49.2 Å². The molecule has 8 heteroatoms. The van der Waals surface area contributed by atoms with Crippen molar-refractivity contribution in [3.05, 3.63) is 34.9 Å². The summed E-state index contributed by atoms with van der Waals surface area (Å²) in [6.45, 7) is 0.759. The van der Waals surface area contributed by atoms with Crippen LogP contribution >= 0.6 is 0 Å². The molecule has 1 heterocycles. The summed E-state index contributed by atoms with van der Waals surface area (Å²) in [7, 11) is 0. The number of benzene rings is 1. The van der Waals surface area contributed by atoms with Gasteiger partial charge >= 0.3 is 18.0 Å². The summed E-state index contributed by atoms with van der Waals surface area (Å²) in [5.74, 6) is 0.0681. The molecule has 2 aliphatic rings. The molecule has 1 fully saturated rings. The Morgan fingerprint density at radius 3 is 2.17 bits per heavy atom. The maximum absolute atomic E-state index is 14.1. The number of hydrogen-bond acceptors (Lipinski definition) is 1. The van der Waals surface area contributed by atoms with Gasteiger partial charge in [0.05, 0.1) is 0 Å². The summed E-state index contributed by atoms with van der Waals surface area (Å²) in [5.41, 5.74) is -5.63. The van der Waals surface area contributed by atoms with Gasteiger partial charge in [0.1, 0.15) is 0 Å². The first kappa shape index (κ1) is 16.5. The molecule has 2 atom stereocenters. The topological polar surface area (TPSA) is 12.0 Å². The first-order valence-corrected chi connectivity index (χ1v) is 7.25. The quantitative estimate of drug-likeness (QED) is 0.748. The molecule has 1 unspecified atom stereocenters. The third-order valence-electron chi connectivity index (χ3n) is 4.79. The summed E-state index contributed by atoms with van der Waals surface area (Å²) in [4.78, 5) is 0. The van der Waals surface area contributed by atoms with Crippen molar-refractivity contribution < 1.29 is 30.7 Å². The average molecular weight is 341 g/mol. The van der Waals surface area contributed by atoms with E-state index in [1.54, 1.807) is 0 Å². The Hall–Kier alpha value is -1.31. The molecule has 1 saturated heterocycles. The van der Waals surface area contributed by atoms with Crippen LogP contribution in [0.2, 0.25) is 0 Å². The van der Waals surface area contributed by atoms with Crippen LogP contribution in [0.15, 0.2) is 18.2 Å². The predicted molar refractivity (Wildman–Crippen MR) is 68.8 cm³/mol. The first-order chi connectivity index (χ1) is 10.6. The van der Waals surface area contributed by atoms with E-state index in [9.17, 15) is 30.7 Å². The minimum Gasteiger partial charge on any atom is -0.313 e. The highest BCUT2D eigenvalue weighted by Crippen LogP contribution is 2.54. The highest BCUT2D eigenvalue weighted by atomic mass is 19.4. The number of alkyl halides is 7. The van der Waals surface area contributed by atoms with E-state index >= 15 is 0 Å². The Labute approximate surface area is 127 Å². The molecule has 1 aromatic rings. The van der Waals surface area contributed by atoms with Crippen LogP contribution in [0.1, 0.15) is 35.4 Å². The lowest BCUT2D eigenvalue weighted by Crippen LogP contribution is -2.50. The Morgan fingerprint density at radius 2 is 1.57 bits per heavy atom. The fourth-order valence-electron chi connectivity index (χ4n) is 3.64. The number of fused-ring (bicyclic) bond motifs is 3. The molecule has 128 valence electrons. The van der Waals surface area contributed by atoms with E-state index in [1.165, 1.54) is 6.07 Å². The van der Waals surface area contributed by atoms with E-state index in [1.807, 2.05) is 0 Å². The van der Waals surface area contributed by atoms with E-state index in [-0.39, 0.29) is 12.0 Å². The highest BCUT2D eigenvalue weighted by Gasteiger charge is 2.73. The van der Waals surface area contributed by atoms with Gasteiger partial charge in [-0.25, -0.2) is 4.39 Å². The molecule has 0 aromatic heterocycles. The zero-order valence-corrected chi connectivity index (χ0v) is 11.9. The lowest BCUT2D eigenvalue weighted by Gasteiger charge is -2.33. The number of nitrogens with one attached hydrogen (secondary N) is 1. The molecule has 23 heavy (non-hydrogen) atoms. The summed E-state index contributed by atoms with van der Waals surface area (Å²) >= 11 is 0. The third-order valence-corrected chi connectivity index (χ3v) is 4.79. The standard InChI is InChI=1S/C15H14F7N/c16-13(14(17,18)19,15(20,21)22)9-2-3-10-8(7-9)1-4-12-11(10)5-6-23-12/h2-3,7,11-12,23H,1,4-6H2/t11-,12?/m0/s1. The normalized spacial score (nSPS) is 25.2. The Balaban J connectivity index is 2.07. The molecule has 0 spiro atoms. The van der Waals surface area contributed by atoms with Crippen LogP contribution in [0.5, 0.6) is 0 Å². The molecule has 0 bridgehead atoms. The zero-order valence-electron chi connectivity index (χ0n) is 11.9. The molecule has 0 amide bonds. The highest BCUT2D eigenvalue weighted by molar-refractivity contribution is 5.41. The summed E-state index contributed by atoms with van der Waals surface area (Å²) in [6.07, 6.45) is -10.4. The van der Waals surface area contributed by atoms with Crippen LogP contribution in [0, 0.1) is 0 Å². The predicted octanol–water partition coefficient (Wildman–Crippen LogP) is 4.37. The van der Waals surface area contributed by atoms with E-state index < -0.39 is 23.6 Å². The van der Waals surface area contributed by atoms with Crippen molar-refractivity contribution in [1.82, 2.24) is 5.32 Å². The van der Waals surface area contributed by atoms with Crippen molar-refractivity contribution in [3.63, 3.8) is 0 Å². The zero-order chi connectivity index (χ0) is 17.0. The van der Waals surface area contributed by atoms with Crippen LogP contribution < -0.4 is 5.32 Å². The van der Waals surface area contributed by atoms with Gasteiger partial charge in [-0.2, -0.15) is 26.3 Å². The number of hydrogen-bond donors (Lipinski definition) is 1. The van der Waals surface area contributed by atoms with E-state index in [0.29, 0.717) is 24.5 Å². The fourth-order valence-corrected chi connectivity index (χ4v) is 3.64. The Kier molecular flexibility index (Phi) is 3.66. The lowest BCUT2D eigenvalue weighted by molar-refractivity contribution is -0.348. The summed E-state index contributed by atoms with van der Waals surface area (Å²) in [6, 6.07) is 2.78. The molecule has 1 nitrogen and oxygen atoms in total. The molecular weight excluding hydrogens is 327 g/mol. The minimum atomic E-state index is -6.06. The lowest BCUT2D eigenvalue weighted by atomic mass is 9.78. The number of rotatable bonds is 1. The smallest absolute Gasteiger partial charge is 0.313 e. The van der Waals surface area contributed by atoms with Crippen molar-refractivity contribution in [2.75, 3.05) is 6.54 Å². The fraction of sp³-hybridized carbons (Fsp3) is 0.600. The Bertz CT molecular complexity index is 591. The SMILES string of the molecule is FC(F)(F)C(F)(c1ccc2c(c1)CCC1NCC[C@@H]21)C(F)(F)F. The third kappa shape index (κ3) is 2.42. The first-order valence-electron chi connectivity index (χ1n) is 7.25. The second-order valence-electron chi connectivity index (χ2n) is 6.06. The average Bonchev–Trinajstić information content (AvgIpc) is 2.92. The minimum absolute atomic E-state index is 0.0681. The second kappa shape index (κ2) is 5.09. The summed E-state index contributed by atoms with van der Waals surface area (Å²) in [5, 5.41) is 3.26. The van der Waals surface area contributed by atoms with Crippen molar-refractivity contribution in [3.8, 4) is 0 Å². The van der Waals surface area contributed by atoms with Crippen LogP contribution in [-0.2, 0) is 12.1 Å². The van der Waals surface area contributed by atoms with Gasteiger partial charge in [-0.05, 0) is 36.9 Å². The molecule has 0 saturated carbocycles. The van der Waals surface area contributed by atoms with Crippen LogP contribution in [-0.4, -0.2) is 24.9 Å². The van der Waals surface area contributed by atoms with Gasteiger partial charge in [-0.15, -0.1) is 0 Å². The molecule has 3 rings (SSSR count). The van der Waals surface area contributed by atoms with E-state index in [4.69, 9.17) is 0 Å². The van der Waals surface area contributed by atoms with Gasteiger partial charge in [0.25, 0.3) is 0 Å². The molecule has 0 radical (unpaired) electrons. The van der Waals surface area contributed by atoms with E-state index in [0.717, 1.165) is 24.6 Å². The van der Waals surface area contributed by atoms with Gasteiger partial charge in [0.2, 0.25) is 0 Å². The molecule has 1 aliphatic heterocycles. The molecule has 1 aromatic carbocycles. The van der Waals surface area contributed by atoms with Gasteiger partial charge < -0.3 is 5.32 Å². The Morgan fingerprint density at radius 1 is 0.913 bits per heavy atom. The molecular formula is C15H14F7N. The van der Waals surface area contributed by atoms with Gasteiger partial charge in [-0.1, -0.05) is 18.2 Å². The van der Waals surface area contributed by atoms with Gasteiger partial charge in [0.15, 0.2) is 0 Å². The van der Waals surface area contributed by atoms with Gasteiger partial charge in [-0.3, -0.25) is 0 Å². The monoisotopic (exact) mass is 341 g/mol. The van der Waals surface area contributed by atoms with Crippen molar-refractivity contribution in [1.29, 1.82) is 0 Å². The maximum atomic E-state index is 14.1. The number of halogens is 7. The summed E-state index contributed by atoms with van der Waals surface area (Å²) < 4.78 is 91.1. The second-order valence-corrected chi connectivity index (χ2v) is 6.06. The molecule has 1 aliphatic carbocycles. The van der Waals surface area contributed by atoms with Crippen molar-refractivity contribution in [2.24, 2.45) is 0 Å². The number of aryl methyl sites for hydroxylation is 1. The largest absolute Gasteiger partial charge is 0.435 e. The van der Waals surface area contributed by atoms with Gasteiger partial charge in [0, 0.05) is 17.5 Å². The van der Waals surface area contributed by atoms with Crippen LogP contribution in [0.25, 0.3) is 0 Å².